The van der Waals surface area contributed by atoms with Crippen LogP contribution >= 0.6 is 0 Å². The minimum absolute atomic E-state index is 0.188. The Bertz CT molecular complexity index is 1120. The van der Waals surface area contributed by atoms with E-state index in [0.29, 0.717) is 18.2 Å². The van der Waals surface area contributed by atoms with E-state index in [1.54, 1.807) is 17.0 Å². The molecule has 3 nitrogen and oxygen atoms in total. The molecule has 30 heavy (non-hydrogen) atoms. The highest BCUT2D eigenvalue weighted by atomic mass is 16.6. The molecule has 5 rings (SSSR count). The molecule has 1 amide bonds. The Hall–Kier alpha value is -3.59. The second-order valence-electron chi connectivity index (χ2n) is 7.72. The molecule has 2 atom stereocenters. The first-order valence-electron chi connectivity index (χ1n) is 10.4. The van der Waals surface area contributed by atoms with Gasteiger partial charge in [0, 0.05) is 5.92 Å². The first-order chi connectivity index (χ1) is 14.8. The molecular formula is C27H23NO2. The Morgan fingerprint density at radius 3 is 2.37 bits per heavy atom. The van der Waals surface area contributed by atoms with E-state index in [2.05, 4.69) is 54.6 Å². The number of rotatable bonds is 2. The van der Waals surface area contributed by atoms with Crippen LogP contribution in [0.5, 0.6) is 5.75 Å². The summed E-state index contributed by atoms with van der Waals surface area (Å²) in [6, 6.07) is 25.9. The Labute approximate surface area is 176 Å². The van der Waals surface area contributed by atoms with Crippen LogP contribution in [0.4, 0.5) is 10.5 Å². The molecule has 1 heterocycles. The largest absolute Gasteiger partial charge is 0.420 e. The minimum atomic E-state index is -0.358. The Kier molecular flexibility index (Phi) is 4.94. The quantitative estimate of drug-likeness (QED) is 0.499. The van der Waals surface area contributed by atoms with Crippen LogP contribution in [0.2, 0.25) is 0 Å². The van der Waals surface area contributed by atoms with Crippen LogP contribution in [0.15, 0.2) is 103 Å². The van der Waals surface area contributed by atoms with Crippen LogP contribution in [-0.4, -0.2) is 6.09 Å². The van der Waals surface area contributed by atoms with Gasteiger partial charge in [0.1, 0.15) is 5.75 Å². The molecule has 3 aromatic rings. The van der Waals surface area contributed by atoms with Crippen molar-refractivity contribution in [3.05, 3.63) is 120 Å². The van der Waals surface area contributed by atoms with Gasteiger partial charge in [-0.25, -0.2) is 4.79 Å². The molecule has 1 aliphatic carbocycles. The van der Waals surface area contributed by atoms with Crippen molar-refractivity contribution in [1.82, 2.24) is 0 Å². The fourth-order valence-electron chi connectivity index (χ4n) is 4.52. The van der Waals surface area contributed by atoms with Crippen molar-refractivity contribution in [2.24, 2.45) is 5.92 Å². The Morgan fingerprint density at radius 2 is 1.57 bits per heavy atom. The van der Waals surface area contributed by atoms with Gasteiger partial charge in [-0.3, -0.25) is 4.90 Å². The maximum absolute atomic E-state index is 13.3. The van der Waals surface area contributed by atoms with Crippen molar-refractivity contribution in [3.63, 3.8) is 0 Å². The standard InChI is InChI=1S/C27H23NO2/c29-27(30-22-14-5-2-6-15-22)28-19-21-13-7-8-16-23(21)26(20-11-3-1-4-12-20)24-17-9-10-18-25(24)28/h1-11,13-18,20,26H,12,19H2. The zero-order valence-corrected chi connectivity index (χ0v) is 16.6. The smallest absolute Gasteiger partial charge is 0.410 e. The number of amides is 1. The van der Waals surface area contributed by atoms with E-state index in [9.17, 15) is 4.79 Å². The van der Waals surface area contributed by atoms with E-state index in [1.165, 1.54) is 5.56 Å². The predicted molar refractivity (Wildman–Crippen MR) is 120 cm³/mol. The number of nitrogens with zero attached hydrogens (tertiary/aromatic N) is 1. The van der Waals surface area contributed by atoms with E-state index in [-0.39, 0.29) is 12.0 Å². The van der Waals surface area contributed by atoms with Gasteiger partial charge in [0.25, 0.3) is 0 Å². The zero-order chi connectivity index (χ0) is 20.3. The summed E-state index contributed by atoms with van der Waals surface area (Å²) in [6.07, 6.45) is 9.37. The number of fused-ring (bicyclic) bond motifs is 2. The number of benzene rings is 3. The molecule has 0 N–H and O–H groups in total. The minimum Gasteiger partial charge on any atom is -0.410 e. The average molecular weight is 393 g/mol. The molecule has 3 heteroatoms. The molecule has 0 saturated carbocycles. The molecule has 3 aromatic carbocycles. The molecule has 1 aliphatic heterocycles. The highest BCUT2D eigenvalue weighted by molar-refractivity contribution is 5.91. The lowest BCUT2D eigenvalue weighted by atomic mass is 9.76. The van der Waals surface area contributed by atoms with Crippen LogP contribution in [0.3, 0.4) is 0 Å². The van der Waals surface area contributed by atoms with Gasteiger partial charge in [0.05, 0.1) is 12.2 Å². The summed E-state index contributed by atoms with van der Waals surface area (Å²) in [5, 5.41) is 0. The summed E-state index contributed by atoms with van der Waals surface area (Å²) in [6.45, 7) is 0.488. The number of para-hydroxylation sites is 2. The van der Waals surface area contributed by atoms with E-state index in [1.807, 2.05) is 36.4 Å². The number of anilines is 1. The molecular weight excluding hydrogens is 370 g/mol. The molecule has 2 unspecified atom stereocenters. The second kappa shape index (κ2) is 8.03. The first kappa shape index (κ1) is 18.4. The van der Waals surface area contributed by atoms with E-state index in [4.69, 9.17) is 4.74 Å². The molecule has 0 saturated heterocycles. The van der Waals surface area contributed by atoms with Gasteiger partial charge < -0.3 is 4.74 Å². The Morgan fingerprint density at radius 1 is 0.833 bits per heavy atom. The van der Waals surface area contributed by atoms with Crippen LogP contribution < -0.4 is 9.64 Å². The average Bonchev–Trinajstić information content (AvgIpc) is 2.95. The van der Waals surface area contributed by atoms with Gasteiger partial charge in [0.2, 0.25) is 0 Å². The van der Waals surface area contributed by atoms with Crippen molar-refractivity contribution in [1.29, 1.82) is 0 Å². The highest BCUT2D eigenvalue weighted by Crippen LogP contribution is 2.44. The maximum atomic E-state index is 13.3. The fraction of sp³-hybridized carbons (Fsp3) is 0.148. The Balaban J connectivity index is 1.61. The first-order valence-corrected chi connectivity index (χ1v) is 10.4. The lowest BCUT2D eigenvalue weighted by Crippen LogP contribution is -2.33. The van der Waals surface area contributed by atoms with Gasteiger partial charge in [-0.1, -0.05) is 85.0 Å². The number of carbonyl (C=O) groups is 1. The fourth-order valence-corrected chi connectivity index (χ4v) is 4.52. The lowest BCUT2D eigenvalue weighted by molar-refractivity contribution is 0.207. The van der Waals surface area contributed by atoms with Crippen LogP contribution in [0.25, 0.3) is 0 Å². The molecule has 0 radical (unpaired) electrons. The molecule has 0 bridgehead atoms. The molecule has 0 spiro atoms. The number of carbonyl (C=O) groups excluding carboxylic acids is 1. The summed E-state index contributed by atoms with van der Waals surface area (Å²) in [5.74, 6) is 1.09. The number of hydrogen-bond acceptors (Lipinski definition) is 2. The lowest BCUT2D eigenvalue weighted by Gasteiger charge is -2.28. The highest BCUT2D eigenvalue weighted by Gasteiger charge is 2.34. The summed E-state index contributed by atoms with van der Waals surface area (Å²) in [4.78, 5) is 15.0. The molecule has 148 valence electrons. The van der Waals surface area contributed by atoms with Gasteiger partial charge in [-0.15, -0.1) is 0 Å². The van der Waals surface area contributed by atoms with Gasteiger partial charge in [-0.2, -0.15) is 0 Å². The summed E-state index contributed by atoms with van der Waals surface area (Å²) >= 11 is 0. The van der Waals surface area contributed by atoms with Gasteiger partial charge >= 0.3 is 6.09 Å². The molecule has 0 aromatic heterocycles. The summed E-state index contributed by atoms with van der Waals surface area (Å²) in [5.41, 5.74) is 4.52. The number of allylic oxidation sites excluding steroid dienone is 4. The topological polar surface area (TPSA) is 29.5 Å². The van der Waals surface area contributed by atoms with Crippen LogP contribution in [0.1, 0.15) is 29.0 Å². The third-order valence-corrected chi connectivity index (χ3v) is 5.89. The third-order valence-electron chi connectivity index (χ3n) is 5.89. The third kappa shape index (κ3) is 3.43. The van der Waals surface area contributed by atoms with Gasteiger partial charge in [-0.05, 0) is 47.2 Å². The van der Waals surface area contributed by atoms with Crippen molar-refractivity contribution >= 4 is 11.8 Å². The van der Waals surface area contributed by atoms with Crippen molar-refractivity contribution in [3.8, 4) is 5.75 Å². The monoisotopic (exact) mass is 393 g/mol. The van der Waals surface area contributed by atoms with E-state index < -0.39 is 0 Å². The SMILES string of the molecule is O=C(Oc1ccccc1)N1Cc2ccccc2C(C2C=CC=CC2)c2ccccc21. The molecule has 0 fully saturated rings. The van der Waals surface area contributed by atoms with Crippen molar-refractivity contribution < 1.29 is 9.53 Å². The summed E-state index contributed by atoms with van der Waals surface area (Å²) in [7, 11) is 0. The summed E-state index contributed by atoms with van der Waals surface area (Å²) < 4.78 is 5.72. The van der Waals surface area contributed by atoms with Crippen LogP contribution in [0, 0.1) is 5.92 Å². The second-order valence-corrected chi connectivity index (χ2v) is 7.72. The predicted octanol–water partition coefficient (Wildman–Crippen LogP) is 6.47. The van der Waals surface area contributed by atoms with Crippen molar-refractivity contribution in [2.75, 3.05) is 4.90 Å². The van der Waals surface area contributed by atoms with E-state index >= 15 is 0 Å². The number of hydrogen-bond donors (Lipinski definition) is 0. The maximum Gasteiger partial charge on any atom is 0.420 e. The van der Waals surface area contributed by atoms with Gasteiger partial charge in [0.15, 0.2) is 0 Å². The molecule has 2 aliphatic rings. The van der Waals surface area contributed by atoms with E-state index in [0.717, 1.165) is 23.2 Å². The van der Waals surface area contributed by atoms with Crippen LogP contribution in [-0.2, 0) is 6.54 Å². The number of ether oxygens (including phenoxy) is 1. The zero-order valence-electron chi connectivity index (χ0n) is 16.6. The normalized spacial score (nSPS) is 19.5. The van der Waals surface area contributed by atoms with Crippen molar-refractivity contribution in [2.45, 2.75) is 18.9 Å².